The predicted molar refractivity (Wildman–Crippen MR) is 115 cm³/mol. The van der Waals surface area contributed by atoms with Crippen LogP contribution in [0.4, 0.5) is 5.69 Å². The highest BCUT2D eigenvalue weighted by Crippen LogP contribution is 2.11. The molecular formula is C18H31IN4O2. The molecule has 0 aliphatic carbocycles. The molecule has 0 fully saturated rings. The second-order valence-electron chi connectivity index (χ2n) is 6.58. The van der Waals surface area contributed by atoms with Crippen molar-refractivity contribution in [1.29, 1.82) is 0 Å². The lowest BCUT2D eigenvalue weighted by atomic mass is 10.1. The number of anilines is 1. The second-order valence-corrected chi connectivity index (χ2v) is 6.58. The van der Waals surface area contributed by atoms with E-state index in [2.05, 4.69) is 20.9 Å². The smallest absolute Gasteiger partial charge is 0.226 e. The average molecular weight is 462 g/mol. The zero-order chi connectivity index (χ0) is 18.2. The zero-order valence-corrected chi connectivity index (χ0v) is 18.3. The summed E-state index contributed by atoms with van der Waals surface area (Å²) < 4.78 is 5.38. The van der Waals surface area contributed by atoms with Gasteiger partial charge < -0.3 is 20.7 Å². The Balaban J connectivity index is 0.00000576. The summed E-state index contributed by atoms with van der Waals surface area (Å²) >= 11 is 0. The van der Waals surface area contributed by atoms with Gasteiger partial charge in [-0.1, -0.05) is 26.0 Å². The van der Waals surface area contributed by atoms with Crippen LogP contribution in [0.25, 0.3) is 0 Å². The van der Waals surface area contributed by atoms with E-state index in [4.69, 9.17) is 4.74 Å². The Hall–Kier alpha value is -1.35. The van der Waals surface area contributed by atoms with Crippen LogP contribution in [0.15, 0.2) is 29.3 Å². The first kappa shape index (κ1) is 23.6. The molecule has 142 valence electrons. The fourth-order valence-corrected chi connectivity index (χ4v) is 1.77. The Kier molecular flexibility index (Phi) is 10.7. The molecule has 7 heteroatoms. The van der Waals surface area contributed by atoms with Crippen LogP contribution in [0.2, 0.25) is 0 Å². The summed E-state index contributed by atoms with van der Waals surface area (Å²) in [5.41, 5.74) is 1.65. The van der Waals surface area contributed by atoms with Gasteiger partial charge in [0.1, 0.15) is 0 Å². The molecule has 1 rings (SSSR count). The van der Waals surface area contributed by atoms with Gasteiger partial charge in [0.2, 0.25) is 5.91 Å². The summed E-state index contributed by atoms with van der Waals surface area (Å²) in [5, 5.41) is 9.37. The summed E-state index contributed by atoms with van der Waals surface area (Å²) in [5.74, 6) is 0.709. The lowest BCUT2D eigenvalue weighted by molar-refractivity contribution is -0.118. The van der Waals surface area contributed by atoms with Gasteiger partial charge in [-0.2, -0.15) is 0 Å². The number of nitrogens with one attached hydrogen (secondary N) is 3. The molecule has 1 aromatic carbocycles. The van der Waals surface area contributed by atoms with Crippen molar-refractivity contribution in [2.75, 3.05) is 26.0 Å². The minimum absolute atomic E-state index is 0. The number of hydrogen-bond donors (Lipinski definition) is 3. The molecular weight excluding hydrogens is 431 g/mol. The van der Waals surface area contributed by atoms with Crippen molar-refractivity contribution in [1.82, 2.24) is 10.6 Å². The van der Waals surface area contributed by atoms with Gasteiger partial charge in [-0.15, -0.1) is 24.0 Å². The molecule has 0 saturated carbocycles. The molecule has 0 bridgehead atoms. The number of ether oxygens (including phenoxy) is 1. The fourth-order valence-electron chi connectivity index (χ4n) is 1.77. The number of halogens is 1. The van der Waals surface area contributed by atoms with Gasteiger partial charge in [0.25, 0.3) is 0 Å². The topological polar surface area (TPSA) is 74.8 Å². The normalized spacial score (nSPS) is 11.7. The summed E-state index contributed by atoms with van der Waals surface area (Å²) in [6.07, 6.45) is 0. The molecule has 0 radical (unpaired) electrons. The van der Waals surface area contributed by atoms with Gasteiger partial charge in [0, 0.05) is 38.9 Å². The van der Waals surface area contributed by atoms with Gasteiger partial charge in [0.05, 0.1) is 5.60 Å². The standard InChI is InChI=1S/C18H30N4O2.HI/c1-13(2)16(23)22-15-9-7-14(8-10-15)11-20-17(19-5)21-12-18(3,4)24-6;/h7-10,13H,11-12H2,1-6H3,(H,22,23)(H2,19,20,21);1H. The highest BCUT2D eigenvalue weighted by Gasteiger charge is 2.16. The van der Waals surface area contributed by atoms with E-state index in [1.807, 2.05) is 52.0 Å². The van der Waals surface area contributed by atoms with E-state index in [-0.39, 0.29) is 41.4 Å². The summed E-state index contributed by atoms with van der Waals surface area (Å²) in [7, 11) is 3.43. The Morgan fingerprint density at radius 3 is 2.28 bits per heavy atom. The third-order valence-electron chi connectivity index (χ3n) is 3.66. The molecule has 0 atom stereocenters. The van der Waals surface area contributed by atoms with Crippen molar-refractivity contribution >= 4 is 41.5 Å². The van der Waals surface area contributed by atoms with E-state index in [1.165, 1.54) is 0 Å². The minimum atomic E-state index is -0.256. The first-order valence-corrected chi connectivity index (χ1v) is 8.17. The van der Waals surface area contributed by atoms with E-state index >= 15 is 0 Å². The first-order valence-electron chi connectivity index (χ1n) is 8.17. The lowest BCUT2D eigenvalue weighted by Gasteiger charge is -2.24. The van der Waals surface area contributed by atoms with Crippen LogP contribution in [0, 0.1) is 5.92 Å². The molecule has 3 N–H and O–H groups in total. The Bertz CT molecular complexity index is 557. The van der Waals surface area contributed by atoms with E-state index < -0.39 is 0 Å². The molecule has 6 nitrogen and oxygen atoms in total. The average Bonchev–Trinajstić information content (AvgIpc) is 2.56. The number of carbonyl (C=O) groups is 1. The first-order chi connectivity index (χ1) is 11.3. The van der Waals surface area contributed by atoms with Gasteiger partial charge in [-0.05, 0) is 31.5 Å². The zero-order valence-electron chi connectivity index (χ0n) is 16.0. The van der Waals surface area contributed by atoms with Gasteiger partial charge >= 0.3 is 0 Å². The van der Waals surface area contributed by atoms with Crippen LogP contribution in [0.3, 0.4) is 0 Å². The molecule has 1 aromatic rings. The van der Waals surface area contributed by atoms with Crippen LogP contribution >= 0.6 is 24.0 Å². The third-order valence-corrected chi connectivity index (χ3v) is 3.66. The monoisotopic (exact) mass is 462 g/mol. The van der Waals surface area contributed by atoms with Crippen molar-refractivity contribution in [3.63, 3.8) is 0 Å². The number of nitrogens with zero attached hydrogens (tertiary/aromatic N) is 1. The van der Waals surface area contributed by atoms with Gasteiger partial charge in [-0.3, -0.25) is 9.79 Å². The van der Waals surface area contributed by atoms with E-state index in [0.717, 1.165) is 17.2 Å². The Morgan fingerprint density at radius 1 is 1.20 bits per heavy atom. The third kappa shape index (κ3) is 9.06. The maximum atomic E-state index is 11.7. The van der Waals surface area contributed by atoms with Crippen LogP contribution in [0.1, 0.15) is 33.3 Å². The minimum Gasteiger partial charge on any atom is -0.377 e. The number of methoxy groups -OCH3 is 1. The Morgan fingerprint density at radius 2 is 1.80 bits per heavy atom. The number of guanidine groups is 1. The number of amides is 1. The summed E-state index contributed by atoms with van der Waals surface area (Å²) in [6.45, 7) is 9.07. The second kappa shape index (κ2) is 11.3. The highest BCUT2D eigenvalue weighted by molar-refractivity contribution is 14.0. The number of hydrogen-bond acceptors (Lipinski definition) is 3. The molecule has 0 unspecified atom stereocenters. The largest absolute Gasteiger partial charge is 0.377 e. The quantitative estimate of drug-likeness (QED) is 0.331. The van der Waals surface area contributed by atoms with Crippen LogP contribution in [-0.4, -0.2) is 38.2 Å². The molecule has 25 heavy (non-hydrogen) atoms. The Labute approximate surface area is 168 Å². The molecule has 1 amide bonds. The van der Waals surface area contributed by atoms with E-state index in [1.54, 1.807) is 14.2 Å². The predicted octanol–water partition coefficient (Wildman–Crippen LogP) is 2.99. The summed E-state index contributed by atoms with van der Waals surface area (Å²) in [4.78, 5) is 15.9. The number of carbonyl (C=O) groups excluding carboxylic acids is 1. The molecule has 0 heterocycles. The van der Waals surface area contributed by atoms with Crippen LogP contribution < -0.4 is 16.0 Å². The molecule has 0 aliphatic heterocycles. The molecule has 0 aliphatic rings. The highest BCUT2D eigenvalue weighted by atomic mass is 127. The molecule has 0 spiro atoms. The van der Waals surface area contributed by atoms with E-state index in [9.17, 15) is 4.79 Å². The van der Waals surface area contributed by atoms with E-state index in [0.29, 0.717) is 13.1 Å². The number of rotatable bonds is 7. The SMILES string of the molecule is CN=C(NCc1ccc(NC(=O)C(C)C)cc1)NCC(C)(C)OC.I. The molecule has 0 saturated heterocycles. The maximum Gasteiger partial charge on any atom is 0.226 e. The molecule has 0 aromatic heterocycles. The van der Waals surface area contributed by atoms with Crippen LogP contribution in [0.5, 0.6) is 0 Å². The maximum absolute atomic E-state index is 11.7. The van der Waals surface area contributed by atoms with Crippen molar-refractivity contribution in [3.05, 3.63) is 29.8 Å². The van der Waals surface area contributed by atoms with Crippen molar-refractivity contribution in [3.8, 4) is 0 Å². The van der Waals surface area contributed by atoms with Crippen LogP contribution in [-0.2, 0) is 16.1 Å². The van der Waals surface area contributed by atoms with Gasteiger partial charge in [-0.25, -0.2) is 0 Å². The van der Waals surface area contributed by atoms with Gasteiger partial charge in [0.15, 0.2) is 5.96 Å². The lowest BCUT2D eigenvalue weighted by Crippen LogP contribution is -2.45. The fraction of sp³-hybridized carbons (Fsp3) is 0.556. The summed E-state index contributed by atoms with van der Waals surface area (Å²) in [6, 6.07) is 7.77. The number of aliphatic imine (C=N–C) groups is 1. The number of benzene rings is 1. The van der Waals surface area contributed by atoms with Crippen molar-refractivity contribution in [2.45, 2.75) is 39.8 Å². The van der Waals surface area contributed by atoms with Crippen molar-refractivity contribution < 1.29 is 9.53 Å². The van der Waals surface area contributed by atoms with Crippen molar-refractivity contribution in [2.24, 2.45) is 10.9 Å².